The maximum atomic E-state index is 11.2. The van der Waals surface area contributed by atoms with Gasteiger partial charge >= 0.3 is 5.97 Å². The molecule has 0 radical (unpaired) electrons. The van der Waals surface area contributed by atoms with Gasteiger partial charge in [0.05, 0.1) is 26.3 Å². The summed E-state index contributed by atoms with van der Waals surface area (Å²) in [5.74, 6) is 0.576. The van der Waals surface area contributed by atoms with Crippen LogP contribution in [0.5, 0.6) is 5.75 Å². The molecule has 0 aliphatic carbocycles. The second-order valence-electron chi connectivity index (χ2n) is 2.90. The Balaban J connectivity index is 2.79. The number of methoxy groups -OCH3 is 1. The molecule has 1 aromatic rings. The van der Waals surface area contributed by atoms with Crippen molar-refractivity contribution in [2.45, 2.75) is 13.3 Å². The molecule has 0 aliphatic heterocycles. The van der Waals surface area contributed by atoms with E-state index in [-0.39, 0.29) is 12.4 Å². The first-order valence-electron chi connectivity index (χ1n) is 4.61. The Morgan fingerprint density at radius 2 is 2.33 bits per heavy atom. The summed E-state index contributed by atoms with van der Waals surface area (Å²) in [5.41, 5.74) is 6.23. The van der Waals surface area contributed by atoms with Crippen LogP contribution in [0, 0.1) is 0 Å². The van der Waals surface area contributed by atoms with Crippen LogP contribution in [-0.2, 0) is 16.0 Å². The molecule has 0 atom stereocenters. The van der Waals surface area contributed by atoms with Crippen molar-refractivity contribution in [3.05, 3.63) is 17.8 Å². The van der Waals surface area contributed by atoms with E-state index in [9.17, 15) is 4.79 Å². The Labute approximate surface area is 88.2 Å². The van der Waals surface area contributed by atoms with E-state index in [0.29, 0.717) is 23.7 Å². The number of nitrogens with zero attached hydrogens (tertiary/aromatic N) is 1. The standard InChI is InChI=1S/C10H14N2O3/c1-3-15-9(13)5-7-4-8(14-2)6-12-10(7)11/h4,6H,3,5H2,1-2H3,(H2,11,12). The van der Waals surface area contributed by atoms with Crippen molar-refractivity contribution in [1.29, 1.82) is 0 Å². The summed E-state index contributed by atoms with van der Waals surface area (Å²) < 4.78 is 9.79. The molecule has 0 aromatic carbocycles. The SMILES string of the molecule is CCOC(=O)Cc1cc(OC)cnc1N. The van der Waals surface area contributed by atoms with Crippen molar-refractivity contribution in [1.82, 2.24) is 4.98 Å². The van der Waals surface area contributed by atoms with E-state index in [0.717, 1.165) is 0 Å². The fourth-order valence-corrected chi connectivity index (χ4v) is 1.12. The third-order valence-electron chi connectivity index (χ3n) is 1.85. The molecule has 0 saturated carbocycles. The molecular weight excluding hydrogens is 196 g/mol. The summed E-state index contributed by atoms with van der Waals surface area (Å²) in [6.45, 7) is 2.11. The van der Waals surface area contributed by atoms with E-state index < -0.39 is 0 Å². The fourth-order valence-electron chi connectivity index (χ4n) is 1.12. The number of carbonyl (C=O) groups is 1. The summed E-state index contributed by atoms with van der Waals surface area (Å²) in [5, 5.41) is 0. The van der Waals surface area contributed by atoms with Gasteiger partial charge < -0.3 is 15.2 Å². The van der Waals surface area contributed by atoms with E-state index in [1.165, 1.54) is 13.3 Å². The Morgan fingerprint density at radius 1 is 1.60 bits per heavy atom. The maximum absolute atomic E-state index is 11.2. The molecule has 5 nitrogen and oxygen atoms in total. The zero-order valence-corrected chi connectivity index (χ0v) is 8.82. The molecule has 2 N–H and O–H groups in total. The lowest BCUT2D eigenvalue weighted by Crippen LogP contribution is -2.10. The predicted octanol–water partition coefficient (Wildman–Crippen LogP) is 0.778. The van der Waals surface area contributed by atoms with E-state index in [1.807, 2.05) is 0 Å². The molecule has 1 heterocycles. The topological polar surface area (TPSA) is 74.4 Å². The van der Waals surface area contributed by atoms with E-state index in [2.05, 4.69) is 4.98 Å². The van der Waals surface area contributed by atoms with Gasteiger partial charge in [0.2, 0.25) is 0 Å². The normalized spacial score (nSPS) is 9.73. The maximum Gasteiger partial charge on any atom is 0.310 e. The van der Waals surface area contributed by atoms with Gasteiger partial charge in [-0.1, -0.05) is 0 Å². The van der Waals surface area contributed by atoms with Crippen LogP contribution in [-0.4, -0.2) is 24.7 Å². The number of hydrogen-bond donors (Lipinski definition) is 1. The molecule has 82 valence electrons. The minimum atomic E-state index is -0.320. The first kappa shape index (κ1) is 11.3. The van der Waals surface area contributed by atoms with E-state index in [4.69, 9.17) is 15.2 Å². The average molecular weight is 210 g/mol. The van der Waals surface area contributed by atoms with Gasteiger partial charge in [0.1, 0.15) is 11.6 Å². The Morgan fingerprint density at radius 3 is 2.93 bits per heavy atom. The molecule has 1 rings (SSSR count). The zero-order valence-electron chi connectivity index (χ0n) is 8.82. The lowest BCUT2D eigenvalue weighted by molar-refractivity contribution is -0.142. The number of hydrogen-bond acceptors (Lipinski definition) is 5. The van der Waals surface area contributed by atoms with Crippen LogP contribution >= 0.6 is 0 Å². The van der Waals surface area contributed by atoms with E-state index in [1.54, 1.807) is 13.0 Å². The minimum Gasteiger partial charge on any atom is -0.495 e. The van der Waals surface area contributed by atoms with Crippen LogP contribution in [0.1, 0.15) is 12.5 Å². The molecule has 0 amide bonds. The van der Waals surface area contributed by atoms with Gasteiger partial charge in [-0.2, -0.15) is 0 Å². The third kappa shape index (κ3) is 3.12. The van der Waals surface area contributed by atoms with Crippen molar-refractivity contribution in [2.24, 2.45) is 0 Å². The van der Waals surface area contributed by atoms with Crippen molar-refractivity contribution >= 4 is 11.8 Å². The van der Waals surface area contributed by atoms with Crippen molar-refractivity contribution in [3.63, 3.8) is 0 Å². The molecule has 0 spiro atoms. The number of rotatable bonds is 4. The number of nitrogens with two attached hydrogens (primary N) is 1. The lowest BCUT2D eigenvalue weighted by atomic mass is 10.2. The number of carbonyl (C=O) groups excluding carboxylic acids is 1. The van der Waals surface area contributed by atoms with Gasteiger partial charge in [-0.15, -0.1) is 0 Å². The molecule has 0 bridgehead atoms. The van der Waals surface area contributed by atoms with Crippen LogP contribution < -0.4 is 10.5 Å². The molecule has 0 fully saturated rings. The van der Waals surface area contributed by atoms with Crippen LogP contribution in [0.4, 0.5) is 5.82 Å². The summed E-state index contributed by atoms with van der Waals surface area (Å²) >= 11 is 0. The van der Waals surface area contributed by atoms with Gasteiger partial charge in [-0.25, -0.2) is 4.98 Å². The van der Waals surface area contributed by atoms with Crippen LogP contribution in [0.15, 0.2) is 12.3 Å². The van der Waals surface area contributed by atoms with Gasteiger partial charge in [-0.3, -0.25) is 4.79 Å². The van der Waals surface area contributed by atoms with Gasteiger partial charge in [0.15, 0.2) is 0 Å². The average Bonchev–Trinajstić information content (AvgIpc) is 2.21. The largest absolute Gasteiger partial charge is 0.495 e. The monoisotopic (exact) mass is 210 g/mol. The van der Waals surface area contributed by atoms with Crippen LogP contribution in [0.2, 0.25) is 0 Å². The first-order valence-corrected chi connectivity index (χ1v) is 4.61. The summed E-state index contributed by atoms with van der Waals surface area (Å²) in [4.78, 5) is 15.1. The Hall–Kier alpha value is -1.78. The second kappa shape index (κ2) is 5.19. The summed E-state index contributed by atoms with van der Waals surface area (Å²) in [7, 11) is 1.53. The van der Waals surface area contributed by atoms with Crippen molar-refractivity contribution in [3.8, 4) is 5.75 Å². The molecule has 0 aliphatic rings. The second-order valence-corrected chi connectivity index (χ2v) is 2.90. The quantitative estimate of drug-likeness (QED) is 0.743. The molecule has 5 heteroatoms. The highest BCUT2D eigenvalue weighted by atomic mass is 16.5. The number of esters is 1. The number of pyridine rings is 1. The predicted molar refractivity (Wildman–Crippen MR) is 55.5 cm³/mol. The third-order valence-corrected chi connectivity index (χ3v) is 1.85. The minimum absolute atomic E-state index is 0.115. The van der Waals surface area contributed by atoms with Crippen LogP contribution in [0.25, 0.3) is 0 Å². The van der Waals surface area contributed by atoms with Crippen LogP contribution in [0.3, 0.4) is 0 Å². The molecule has 0 unspecified atom stereocenters. The number of anilines is 1. The van der Waals surface area contributed by atoms with E-state index >= 15 is 0 Å². The zero-order chi connectivity index (χ0) is 11.3. The Bertz CT molecular complexity index is 353. The first-order chi connectivity index (χ1) is 7.17. The highest BCUT2D eigenvalue weighted by Crippen LogP contribution is 2.17. The number of ether oxygens (including phenoxy) is 2. The molecular formula is C10H14N2O3. The lowest BCUT2D eigenvalue weighted by Gasteiger charge is -2.06. The van der Waals surface area contributed by atoms with Crippen molar-refractivity contribution < 1.29 is 14.3 Å². The highest BCUT2D eigenvalue weighted by Gasteiger charge is 2.09. The van der Waals surface area contributed by atoms with Gasteiger partial charge in [-0.05, 0) is 13.0 Å². The van der Waals surface area contributed by atoms with Crippen molar-refractivity contribution in [2.75, 3.05) is 19.5 Å². The number of nitrogen functional groups attached to an aromatic ring is 1. The molecule has 0 saturated heterocycles. The molecule has 1 aromatic heterocycles. The van der Waals surface area contributed by atoms with Gasteiger partial charge in [0.25, 0.3) is 0 Å². The Kier molecular flexibility index (Phi) is 3.91. The molecule has 15 heavy (non-hydrogen) atoms. The summed E-state index contributed by atoms with van der Waals surface area (Å²) in [6, 6.07) is 1.68. The van der Waals surface area contributed by atoms with Gasteiger partial charge in [0, 0.05) is 5.56 Å². The smallest absolute Gasteiger partial charge is 0.310 e. The fraction of sp³-hybridized carbons (Fsp3) is 0.400. The summed E-state index contributed by atoms with van der Waals surface area (Å²) in [6.07, 6.45) is 1.62. The number of aromatic nitrogens is 1. The highest BCUT2D eigenvalue weighted by molar-refractivity contribution is 5.74.